The van der Waals surface area contributed by atoms with E-state index in [1.54, 1.807) is 7.11 Å². The normalized spacial score (nSPS) is 19.2. The highest BCUT2D eigenvalue weighted by Crippen LogP contribution is 2.50. The number of benzene rings is 1. The molecule has 1 aromatic heterocycles. The monoisotopic (exact) mass is 230 g/mol. The third-order valence-electron chi connectivity index (χ3n) is 4.03. The molecule has 0 radical (unpaired) electrons. The number of H-pyrrole nitrogens is 1. The van der Waals surface area contributed by atoms with Crippen LogP contribution in [0.3, 0.4) is 0 Å². The molecule has 1 saturated carbocycles. The van der Waals surface area contributed by atoms with Gasteiger partial charge in [0.25, 0.3) is 0 Å². The molecular formula is C14H18N2O. The van der Waals surface area contributed by atoms with Gasteiger partial charge < -0.3 is 15.5 Å². The highest BCUT2D eigenvalue weighted by Gasteiger charge is 2.48. The second-order valence-corrected chi connectivity index (χ2v) is 5.08. The maximum atomic E-state index is 6.10. The Morgan fingerprint density at radius 2 is 2.12 bits per heavy atom. The average Bonchev–Trinajstić information content (AvgIpc) is 3.03. The number of hydrogen-bond acceptors (Lipinski definition) is 2. The molecule has 17 heavy (non-hydrogen) atoms. The van der Waals surface area contributed by atoms with Crippen LogP contribution in [0.2, 0.25) is 0 Å². The van der Waals surface area contributed by atoms with E-state index >= 15 is 0 Å². The molecule has 3 nitrogen and oxygen atoms in total. The van der Waals surface area contributed by atoms with Crippen molar-refractivity contribution in [2.24, 2.45) is 5.73 Å². The molecule has 0 bridgehead atoms. The molecule has 1 fully saturated rings. The van der Waals surface area contributed by atoms with Gasteiger partial charge in [0, 0.05) is 28.7 Å². The number of nitrogens with one attached hydrogen (secondary N) is 1. The van der Waals surface area contributed by atoms with Gasteiger partial charge in [-0.15, -0.1) is 0 Å². The van der Waals surface area contributed by atoms with E-state index in [1.165, 1.54) is 23.9 Å². The molecule has 2 aromatic rings. The zero-order valence-electron chi connectivity index (χ0n) is 10.3. The maximum Gasteiger partial charge on any atom is 0.120 e. The topological polar surface area (TPSA) is 51.0 Å². The second kappa shape index (κ2) is 3.50. The molecular weight excluding hydrogens is 212 g/mol. The number of hydrogen-bond donors (Lipinski definition) is 2. The molecule has 1 unspecified atom stereocenters. The molecule has 0 spiro atoms. The number of aromatic nitrogens is 1. The van der Waals surface area contributed by atoms with Crippen LogP contribution in [0.1, 0.15) is 25.5 Å². The molecule has 1 aliphatic rings. The van der Waals surface area contributed by atoms with Crippen molar-refractivity contribution in [1.82, 2.24) is 4.98 Å². The summed E-state index contributed by atoms with van der Waals surface area (Å²) in [7, 11) is 1.69. The highest BCUT2D eigenvalue weighted by atomic mass is 16.5. The first kappa shape index (κ1) is 10.7. The van der Waals surface area contributed by atoms with Crippen LogP contribution in [-0.4, -0.2) is 18.1 Å². The van der Waals surface area contributed by atoms with E-state index in [0.717, 1.165) is 11.3 Å². The van der Waals surface area contributed by atoms with Crippen LogP contribution in [0.25, 0.3) is 10.9 Å². The van der Waals surface area contributed by atoms with Gasteiger partial charge in [-0.05, 0) is 43.4 Å². The number of methoxy groups -OCH3 is 1. The van der Waals surface area contributed by atoms with Gasteiger partial charge in [-0.3, -0.25) is 0 Å². The fourth-order valence-electron chi connectivity index (χ4n) is 2.61. The first-order valence-corrected chi connectivity index (χ1v) is 6.08. The van der Waals surface area contributed by atoms with Gasteiger partial charge in [0.05, 0.1) is 7.11 Å². The molecule has 0 amide bonds. The number of rotatable bonds is 3. The minimum Gasteiger partial charge on any atom is -0.497 e. The zero-order valence-corrected chi connectivity index (χ0v) is 10.3. The fraction of sp³-hybridized carbons (Fsp3) is 0.429. The Bertz CT molecular complexity index is 552. The van der Waals surface area contributed by atoms with Gasteiger partial charge in [0.2, 0.25) is 0 Å². The molecule has 90 valence electrons. The Labute approximate surface area is 101 Å². The molecule has 3 heteroatoms. The summed E-state index contributed by atoms with van der Waals surface area (Å²) in [4.78, 5) is 3.49. The van der Waals surface area contributed by atoms with Gasteiger partial charge in [0.15, 0.2) is 0 Å². The zero-order chi connectivity index (χ0) is 12.0. The van der Waals surface area contributed by atoms with Crippen LogP contribution in [-0.2, 0) is 5.41 Å². The van der Waals surface area contributed by atoms with Crippen LogP contribution in [0.4, 0.5) is 0 Å². The molecule has 1 aromatic carbocycles. The van der Waals surface area contributed by atoms with E-state index in [0.29, 0.717) is 0 Å². The Balaban J connectivity index is 2.08. The summed E-state index contributed by atoms with van der Waals surface area (Å²) >= 11 is 0. The number of ether oxygens (including phenoxy) is 1. The van der Waals surface area contributed by atoms with Crippen LogP contribution >= 0.6 is 0 Å². The van der Waals surface area contributed by atoms with E-state index in [1.807, 2.05) is 12.1 Å². The molecule has 1 atom stereocenters. The van der Waals surface area contributed by atoms with Crippen molar-refractivity contribution in [3.63, 3.8) is 0 Å². The van der Waals surface area contributed by atoms with Gasteiger partial charge in [-0.25, -0.2) is 0 Å². The quantitative estimate of drug-likeness (QED) is 0.851. The Kier molecular flexibility index (Phi) is 2.20. The summed E-state index contributed by atoms with van der Waals surface area (Å²) in [6.07, 6.45) is 2.38. The van der Waals surface area contributed by atoms with Crippen LogP contribution in [0, 0.1) is 0 Å². The summed E-state index contributed by atoms with van der Waals surface area (Å²) in [5.41, 5.74) is 8.69. The van der Waals surface area contributed by atoms with Crippen LogP contribution in [0.15, 0.2) is 24.3 Å². The largest absolute Gasteiger partial charge is 0.497 e. The third kappa shape index (κ3) is 1.53. The summed E-state index contributed by atoms with van der Waals surface area (Å²) in [6.45, 7) is 2.10. The van der Waals surface area contributed by atoms with E-state index < -0.39 is 0 Å². The van der Waals surface area contributed by atoms with Crippen molar-refractivity contribution in [3.8, 4) is 5.75 Å². The van der Waals surface area contributed by atoms with Crippen LogP contribution < -0.4 is 10.5 Å². The van der Waals surface area contributed by atoms with Crippen molar-refractivity contribution in [1.29, 1.82) is 0 Å². The van der Waals surface area contributed by atoms with Crippen molar-refractivity contribution < 1.29 is 4.74 Å². The Morgan fingerprint density at radius 3 is 2.71 bits per heavy atom. The third-order valence-corrected chi connectivity index (χ3v) is 4.03. The van der Waals surface area contributed by atoms with E-state index in [4.69, 9.17) is 10.5 Å². The van der Waals surface area contributed by atoms with E-state index in [9.17, 15) is 0 Å². The lowest BCUT2D eigenvalue weighted by molar-refractivity contribution is 0.415. The van der Waals surface area contributed by atoms with Crippen molar-refractivity contribution in [3.05, 3.63) is 30.0 Å². The Hall–Kier alpha value is -1.48. The number of nitrogens with two attached hydrogens (primary N) is 1. The SMILES string of the molecule is COc1ccc2cc(C3(C(C)N)CC3)[nH]c2c1. The number of fused-ring (bicyclic) bond motifs is 1. The lowest BCUT2D eigenvalue weighted by Gasteiger charge is -2.17. The van der Waals surface area contributed by atoms with Crippen molar-refractivity contribution in [2.75, 3.05) is 7.11 Å². The second-order valence-electron chi connectivity index (χ2n) is 5.08. The van der Waals surface area contributed by atoms with Crippen molar-refractivity contribution in [2.45, 2.75) is 31.2 Å². The highest BCUT2D eigenvalue weighted by molar-refractivity contribution is 5.82. The van der Waals surface area contributed by atoms with Gasteiger partial charge in [-0.1, -0.05) is 0 Å². The lowest BCUT2D eigenvalue weighted by atomic mass is 9.95. The van der Waals surface area contributed by atoms with Gasteiger partial charge >= 0.3 is 0 Å². The molecule has 3 N–H and O–H groups in total. The first-order chi connectivity index (χ1) is 8.15. The summed E-state index contributed by atoms with van der Waals surface area (Å²) in [6, 6.07) is 8.55. The first-order valence-electron chi connectivity index (χ1n) is 6.08. The summed E-state index contributed by atoms with van der Waals surface area (Å²) in [5, 5.41) is 1.23. The van der Waals surface area contributed by atoms with Crippen molar-refractivity contribution >= 4 is 10.9 Å². The van der Waals surface area contributed by atoms with Crippen LogP contribution in [0.5, 0.6) is 5.75 Å². The predicted octanol–water partition coefficient (Wildman–Crippen LogP) is 2.56. The summed E-state index contributed by atoms with van der Waals surface area (Å²) < 4.78 is 5.24. The smallest absolute Gasteiger partial charge is 0.120 e. The van der Waals surface area contributed by atoms with Gasteiger partial charge in [-0.2, -0.15) is 0 Å². The van der Waals surface area contributed by atoms with Gasteiger partial charge in [0.1, 0.15) is 5.75 Å². The minimum atomic E-state index is 0.187. The molecule has 1 heterocycles. The fourth-order valence-corrected chi connectivity index (χ4v) is 2.61. The maximum absolute atomic E-state index is 6.10. The van der Waals surface area contributed by atoms with E-state index in [-0.39, 0.29) is 11.5 Å². The minimum absolute atomic E-state index is 0.187. The molecule has 1 aliphatic carbocycles. The average molecular weight is 230 g/mol. The molecule has 0 saturated heterocycles. The lowest BCUT2D eigenvalue weighted by Crippen LogP contribution is -2.31. The Morgan fingerprint density at radius 1 is 1.35 bits per heavy atom. The molecule has 3 rings (SSSR count). The standard InChI is InChI=1S/C14H18N2O/c1-9(15)14(5-6-14)13-7-10-3-4-11(17-2)8-12(10)16-13/h3-4,7-9,16H,5-6,15H2,1-2H3. The van der Waals surface area contributed by atoms with E-state index in [2.05, 4.69) is 24.0 Å². The predicted molar refractivity (Wildman–Crippen MR) is 69.4 cm³/mol. The number of aromatic amines is 1. The summed E-state index contributed by atoms with van der Waals surface area (Å²) in [5.74, 6) is 0.886. The molecule has 0 aliphatic heterocycles.